The zero-order valence-corrected chi connectivity index (χ0v) is 15.3. The average molecular weight is 342 g/mol. The summed E-state index contributed by atoms with van der Waals surface area (Å²) in [7, 11) is 2.10. The van der Waals surface area contributed by atoms with Crippen LogP contribution < -0.4 is 5.32 Å². The first kappa shape index (κ1) is 17.5. The lowest BCUT2D eigenvalue weighted by atomic mass is 10.00. The van der Waals surface area contributed by atoms with E-state index >= 15 is 0 Å². The summed E-state index contributed by atoms with van der Waals surface area (Å²) in [5, 5.41) is 3.04. The molecule has 6 nitrogen and oxygen atoms in total. The molecule has 2 amide bonds. The highest BCUT2D eigenvalue weighted by atomic mass is 16.3. The van der Waals surface area contributed by atoms with E-state index in [1.165, 1.54) is 0 Å². The number of piperazine rings is 1. The average Bonchev–Trinajstić information content (AvgIpc) is 3.10. The van der Waals surface area contributed by atoms with Gasteiger partial charge in [-0.3, -0.25) is 0 Å². The normalized spacial score (nSPS) is 18.6. The highest BCUT2D eigenvalue weighted by Gasteiger charge is 2.31. The summed E-state index contributed by atoms with van der Waals surface area (Å²) in [5.41, 5.74) is 2.70. The fraction of sp³-hybridized carbons (Fsp3) is 0.474. The lowest BCUT2D eigenvalue weighted by Gasteiger charge is -2.42. The first-order chi connectivity index (χ1) is 12.0. The van der Waals surface area contributed by atoms with Crippen molar-refractivity contribution in [3.63, 3.8) is 0 Å². The molecule has 3 rings (SSSR count). The van der Waals surface area contributed by atoms with Crippen LogP contribution in [0.5, 0.6) is 0 Å². The van der Waals surface area contributed by atoms with E-state index in [9.17, 15) is 4.79 Å². The zero-order chi connectivity index (χ0) is 18.0. The highest BCUT2D eigenvalue weighted by Crippen LogP contribution is 2.26. The molecule has 0 bridgehead atoms. The number of oxazole rings is 1. The van der Waals surface area contributed by atoms with Crippen LogP contribution in [0.3, 0.4) is 0 Å². The highest BCUT2D eigenvalue weighted by molar-refractivity contribution is 5.90. The molecule has 2 aromatic rings. The summed E-state index contributed by atoms with van der Waals surface area (Å²) in [6.45, 7) is 8.87. The maximum atomic E-state index is 12.8. The van der Waals surface area contributed by atoms with E-state index in [0.29, 0.717) is 11.8 Å². The van der Waals surface area contributed by atoms with Crippen LogP contribution in [0.4, 0.5) is 10.5 Å². The number of anilines is 1. The molecule has 1 saturated heterocycles. The molecule has 6 heteroatoms. The van der Waals surface area contributed by atoms with Crippen LogP contribution in [0.2, 0.25) is 0 Å². The molecule has 0 aliphatic carbocycles. The van der Waals surface area contributed by atoms with Crippen molar-refractivity contribution in [3.05, 3.63) is 36.2 Å². The predicted molar refractivity (Wildman–Crippen MR) is 98.5 cm³/mol. The van der Waals surface area contributed by atoms with E-state index in [0.717, 1.165) is 36.4 Å². The van der Waals surface area contributed by atoms with Gasteiger partial charge >= 0.3 is 6.03 Å². The summed E-state index contributed by atoms with van der Waals surface area (Å²) < 4.78 is 5.40. The van der Waals surface area contributed by atoms with Gasteiger partial charge in [0.15, 0.2) is 0 Å². The van der Waals surface area contributed by atoms with Gasteiger partial charge in [-0.25, -0.2) is 9.78 Å². The lowest BCUT2D eigenvalue weighted by molar-refractivity contribution is 0.0922. The monoisotopic (exact) mass is 342 g/mol. The molecule has 134 valence electrons. The number of likely N-dealkylation sites (N-methyl/N-ethyl adjacent to an activating group) is 1. The standard InChI is InChI=1S/C19H26N4O2/c1-13(2)17-12-22(4)8-9-23(17)19(24)21-15-6-5-14(3)16(11-15)18-20-7-10-25-18/h5-7,10-11,13,17H,8-9,12H2,1-4H3,(H,21,24). The molecule has 1 aliphatic rings. The van der Waals surface area contributed by atoms with Crippen molar-refractivity contribution >= 4 is 11.7 Å². The van der Waals surface area contributed by atoms with Crippen molar-refractivity contribution in [1.82, 2.24) is 14.8 Å². The molecule has 25 heavy (non-hydrogen) atoms. The van der Waals surface area contributed by atoms with Gasteiger partial charge in [0.25, 0.3) is 0 Å². The van der Waals surface area contributed by atoms with E-state index in [1.807, 2.05) is 30.0 Å². The summed E-state index contributed by atoms with van der Waals surface area (Å²) in [6.07, 6.45) is 3.18. The van der Waals surface area contributed by atoms with Crippen molar-refractivity contribution in [1.29, 1.82) is 0 Å². The van der Waals surface area contributed by atoms with E-state index in [-0.39, 0.29) is 12.1 Å². The Morgan fingerprint density at radius 3 is 2.84 bits per heavy atom. The van der Waals surface area contributed by atoms with Crippen molar-refractivity contribution in [2.24, 2.45) is 5.92 Å². The Balaban J connectivity index is 1.78. The van der Waals surface area contributed by atoms with Gasteiger partial charge in [0.2, 0.25) is 5.89 Å². The number of amides is 2. The number of benzene rings is 1. The van der Waals surface area contributed by atoms with Crippen LogP contribution in [0.1, 0.15) is 19.4 Å². The second kappa shape index (κ2) is 7.27. The number of carbonyl (C=O) groups is 1. The minimum atomic E-state index is -0.0472. The number of nitrogens with zero attached hydrogens (tertiary/aromatic N) is 3. The number of hydrogen-bond acceptors (Lipinski definition) is 4. The Hall–Kier alpha value is -2.34. The van der Waals surface area contributed by atoms with Crippen LogP contribution in [-0.2, 0) is 0 Å². The second-order valence-corrected chi connectivity index (χ2v) is 7.06. The number of hydrogen-bond donors (Lipinski definition) is 1. The van der Waals surface area contributed by atoms with Crippen molar-refractivity contribution in [2.45, 2.75) is 26.8 Å². The SMILES string of the molecule is Cc1ccc(NC(=O)N2CCN(C)CC2C(C)C)cc1-c1ncco1. The maximum Gasteiger partial charge on any atom is 0.322 e. The summed E-state index contributed by atoms with van der Waals surface area (Å²) in [6, 6.07) is 5.98. The minimum Gasteiger partial charge on any atom is -0.445 e. The van der Waals surface area contributed by atoms with Gasteiger partial charge in [0, 0.05) is 36.9 Å². The fourth-order valence-corrected chi connectivity index (χ4v) is 3.26. The third kappa shape index (κ3) is 3.85. The Morgan fingerprint density at radius 1 is 1.36 bits per heavy atom. The second-order valence-electron chi connectivity index (χ2n) is 7.06. The van der Waals surface area contributed by atoms with Crippen molar-refractivity contribution in [3.8, 4) is 11.5 Å². The molecule has 1 unspecified atom stereocenters. The van der Waals surface area contributed by atoms with Crippen molar-refractivity contribution in [2.75, 3.05) is 32.0 Å². The number of urea groups is 1. The van der Waals surface area contributed by atoms with Gasteiger partial charge in [-0.05, 0) is 37.6 Å². The molecule has 1 atom stereocenters. The summed E-state index contributed by atoms with van der Waals surface area (Å²) in [5.74, 6) is 0.975. The number of carbonyl (C=O) groups excluding carboxylic acids is 1. The quantitative estimate of drug-likeness (QED) is 0.928. The fourth-order valence-electron chi connectivity index (χ4n) is 3.26. The summed E-state index contributed by atoms with van der Waals surface area (Å²) >= 11 is 0. The molecule has 1 aliphatic heterocycles. The molecule has 1 aromatic carbocycles. The van der Waals surface area contributed by atoms with Crippen LogP contribution >= 0.6 is 0 Å². The lowest BCUT2D eigenvalue weighted by Crippen LogP contribution is -2.57. The van der Waals surface area contributed by atoms with E-state index < -0.39 is 0 Å². The van der Waals surface area contributed by atoms with Crippen LogP contribution in [-0.4, -0.2) is 53.5 Å². The maximum absolute atomic E-state index is 12.8. The zero-order valence-electron chi connectivity index (χ0n) is 15.3. The van der Waals surface area contributed by atoms with Gasteiger partial charge in [-0.2, -0.15) is 0 Å². The minimum absolute atomic E-state index is 0.0472. The third-order valence-electron chi connectivity index (χ3n) is 4.80. The van der Waals surface area contributed by atoms with Gasteiger partial charge in [-0.15, -0.1) is 0 Å². The molecule has 0 radical (unpaired) electrons. The van der Waals surface area contributed by atoms with E-state index in [1.54, 1.807) is 12.5 Å². The molecular weight excluding hydrogens is 316 g/mol. The number of aryl methyl sites for hydroxylation is 1. The molecule has 1 N–H and O–H groups in total. The molecule has 2 heterocycles. The first-order valence-electron chi connectivity index (χ1n) is 8.72. The third-order valence-corrected chi connectivity index (χ3v) is 4.80. The molecule has 1 fully saturated rings. The summed E-state index contributed by atoms with van der Waals surface area (Å²) in [4.78, 5) is 21.3. The molecule has 1 aromatic heterocycles. The smallest absolute Gasteiger partial charge is 0.322 e. The van der Waals surface area contributed by atoms with Gasteiger partial charge in [0.1, 0.15) is 6.26 Å². The number of rotatable bonds is 3. The Labute approximate surface area is 148 Å². The van der Waals surface area contributed by atoms with E-state index in [4.69, 9.17) is 4.42 Å². The molecule has 0 spiro atoms. The number of nitrogens with one attached hydrogen (secondary N) is 1. The topological polar surface area (TPSA) is 61.6 Å². The molecule has 0 saturated carbocycles. The number of aromatic nitrogens is 1. The van der Waals surface area contributed by atoms with Crippen LogP contribution in [0, 0.1) is 12.8 Å². The van der Waals surface area contributed by atoms with Gasteiger partial charge < -0.3 is 19.5 Å². The van der Waals surface area contributed by atoms with Gasteiger partial charge in [-0.1, -0.05) is 19.9 Å². The first-order valence-corrected chi connectivity index (χ1v) is 8.72. The van der Waals surface area contributed by atoms with Gasteiger partial charge in [0.05, 0.1) is 6.20 Å². The Morgan fingerprint density at radius 2 is 2.16 bits per heavy atom. The predicted octanol–water partition coefficient (Wildman–Crippen LogP) is 3.45. The Bertz CT molecular complexity index is 727. The largest absolute Gasteiger partial charge is 0.445 e. The van der Waals surface area contributed by atoms with E-state index in [2.05, 4.69) is 36.1 Å². The van der Waals surface area contributed by atoms with Crippen molar-refractivity contribution < 1.29 is 9.21 Å². The Kier molecular flexibility index (Phi) is 5.08. The van der Waals surface area contributed by atoms with Crippen LogP contribution in [0.25, 0.3) is 11.5 Å². The van der Waals surface area contributed by atoms with Crippen LogP contribution in [0.15, 0.2) is 35.1 Å². The molecular formula is C19H26N4O2.